The number of ether oxygens (including phenoxy) is 2. The Morgan fingerprint density at radius 1 is 1.14 bits per heavy atom. The van der Waals surface area contributed by atoms with Crippen LogP contribution in [0, 0.1) is 10.1 Å². The van der Waals surface area contributed by atoms with Crippen molar-refractivity contribution >= 4 is 28.9 Å². The lowest BCUT2D eigenvalue weighted by Crippen LogP contribution is -1.97. The van der Waals surface area contributed by atoms with Gasteiger partial charge in [-0.2, -0.15) is 0 Å². The number of nitrogens with zero attached hydrogens (tertiary/aromatic N) is 1. The Bertz CT molecular complexity index is 1010. The van der Waals surface area contributed by atoms with Crippen LogP contribution in [0.2, 0.25) is 0 Å². The largest absolute Gasteiger partial charge is 0.493 e. The Balaban J connectivity index is 1.72. The highest BCUT2D eigenvalue weighted by Gasteiger charge is 2.10. The van der Waals surface area contributed by atoms with Gasteiger partial charge in [-0.25, -0.2) is 0 Å². The van der Waals surface area contributed by atoms with Crippen LogP contribution in [0.15, 0.2) is 66.1 Å². The number of methoxy groups -OCH3 is 1. The molecule has 3 aromatic rings. The fourth-order valence-electron chi connectivity index (χ4n) is 2.49. The van der Waals surface area contributed by atoms with Gasteiger partial charge in [0.1, 0.15) is 6.61 Å². The lowest BCUT2D eigenvalue weighted by molar-refractivity contribution is -0.384. The van der Waals surface area contributed by atoms with Crippen LogP contribution < -0.4 is 9.47 Å². The molecular weight excluding hydrogens is 378 g/mol. The van der Waals surface area contributed by atoms with Gasteiger partial charge in [0, 0.05) is 22.6 Å². The second-order valence-corrected chi connectivity index (χ2v) is 6.82. The van der Waals surface area contributed by atoms with Crippen molar-refractivity contribution in [2.45, 2.75) is 6.61 Å². The number of rotatable bonds is 8. The third kappa shape index (κ3) is 4.83. The summed E-state index contributed by atoms with van der Waals surface area (Å²) in [5, 5.41) is 12.8. The summed E-state index contributed by atoms with van der Waals surface area (Å²) in [5.74, 6) is 0.847. The van der Waals surface area contributed by atoms with E-state index < -0.39 is 4.92 Å². The number of carbonyl (C=O) groups is 1. The summed E-state index contributed by atoms with van der Waals surface area (Å²) in [6.07, 6.45) is 3.01. The van der Waals surface area contributed by atoms with E-state index in [1.54, 1.807) is 42.7 Å². The lowest BCUT2D eigenvalue weighted by atomic mass is 10.1. The lowest BCUT2D eigenvalue weighted by Gasteiger charge is -2.10. The number of hydrogen-bond acceptors (Lipinski definition) is 6. The van der Waals surface area contributed by atoms with Gasteiger partial charge in [0.05, 0.1) is 12.0 Å². The van der Waals surface area contributed by atoms with Crippen molar-refractivity contribution in [3.05, 3.63) is 92.2 Å². The molecule has 0 N–H and O–H groups in total. The molecule has 1 aromatic heterocycles. The van der Waals surface area contributed by atoms with Crippen LogP contribution in [0.4, 0.5) is 5.69 Å². The van der Waals surface area contributed by atoms with Crippen molar-refractivity contribution in [3.63, 3.8) is 0 Å². The second-order valence-electron chi connectivity index (χ2n) is 5.78. The molecular formula is C21H17NO5S. The van der Waals surface area contributed by atoms with Crippen LogP contribution in [0.25, 0.3) is 6.08 Å². The molecule has 142 valence electrons. The van der Waals surface area contributed by atoms with E-state index in [1.807, 2.05) is 23.6 Å². The average molecular weight is 395 g/mol. The number of allylic oxidation sites excluding steroid dienone is 1. The van der Waals surface area contributed by atoms with E-state index in [0.717, 1.165) is 10.4 Å². The van der Waals surface area contributed by atoms with Crippen LogP contribution in [-0.2, 0) is 6.61 Å². The van der Waals surface area contributed by atoms with Gasteiger partial charge in [0.25, 0.3) is 5.69 Å². The highest BCUT2D eigenvalue weighted by atomic mass is 32.1. The predicted octanol–water partition coefficient (Wildman–Crippen LogP) is 5.14. The molecule has 0 aliphatic rings. The molecule has 2 aromatic carbocycles. The fraction of sp³-hybridized carbons (Fsp3) is 0.0952. The van der Waals surface area contributed by atoms with E-state index in [2.05, 4.69) is 0 Å². The van der Waals surface area contributed by atoms with Crippen molar-refractivity contribution in [3.8, 4) is 11.5 Å². The molecule has 1 heterocycles. The number of carbonyl (C=O) groups excluding carboxylic acids is 1. The topological polar surface area (TPSA) is 78.7 Å². The van der Waals surface area contributed by atoms with Gasteiger partial charge in [-0.15, -0.1) is 11.3 Å². The Kier molecular flexibility index (Phi) is 6.18. The van der Waals surface area contributed by atoms with E-state index in [1.165, 1.54) is 24.3 Å². The van der Waals surface area contributed by atoms with E-state index in [9.17, 15) is 14.9 Å². The van der Waals surface area contributed by atoms with Gasteiger partial charge in [-0.05, 0) is 35.2 Å². The predicted molar refractivity (Wildman–Crippen MR) is 108 cm³/mol. The summed E-state index contributed by atoms with van der Waals surface area (Å²) in [6, 6.07) is 15.0. The number of hydrogen-bond donors (Lipinski definition) is 0. The van der Waals surface area contributed by atoms with Gasteiger partial charge in [0.2, 0.25) is 0 Å². The molecule has 0 saturated carbocycles. The van der Waals surface area contributed by atoms with Gasteiger partial charge in [-0.1, -0.05) is 30.3 Å². The zero-order valence-electron chi connectivity index (χ0n) is 15.0. The number of non-ortho nitro benzene ring substituents is 1. The fourth-order valence-corrected chi connectivity index (χ4v) is 3.11. The van der Waals surface area contributed by atoms with Crippen LogP contribution in [0.1, 0.15) is 20.8 Å². The van der Waals surface area contributed by atoms with Gasteiger partial charge < -0.3 is 9.47 Å². The molecule has 7 heteroatoms. The zero-order valence-corrected chi connectivity index (χ0v) is 15.8. The highest BCUT2D eigenvalue weighted by Crippen LogP contribution is 2.29. The molecule has 0 atom stereocenters. The summed E-state index contributed by atoms with van der Waals surface area (Å²) in [7, 11) is 1.55. The molecule has 0 amide bonds. The minimum atomic E-state index is -0.528. The molecule has 0 unspecified atom stereocenters. The van der Waals surface area contributed by atoms with E-state index in [-0.39, 0.29) is 17.0 Å². The number of nitro benzene ring substituents is 1. The molecule has 0 saturated heterocycles. The normalized spacial score (nSPS) is 10.8. The van der Waals surface area contributed by atoms with Crippen molar-refractivity contribution in [1.29, 1.82) is 0 Å². The van der Waals surface area contributed by atoms with Crippen LogP contribution in [-0.4, -0.2) is 17.8 Å². The van der Waals surface area contributed by atoms with E-state index in [0.29, 0.717) is 18.1 Å². The molecule has 3 rings (SSSR count). The van der Waals surface area contributed by atoms with E-state index >= 15 is 0 Å². The number of benzene rings is 2. The molecule has 0 radical (unpaired) electrons. The average Bonchev–Trinajstić information content (AvgIpc) is 3.24. The number of ketones is 1. The summed E-state index contributed by atoms with van der Waals surface area (Å²) in [6.45, 7) is 0.453. The first-order valence-corrected chi connectivity index (χ1v) is 9.25. The van der Waals surface area contributed by atoms with Crippen LogP contribution >= 0.6 is 11.3 Å². The number of thiophene rings is 1. The smallest absolute Gasteiger partial charge is 0.270 e. The van der Waals surface area contributed by atoms with Crippen molar-refractivity contribution in [1.82, 2.24) is 0 Å². The maximum atomic E-state index is 12.3. The number of nitro groups is 1. The first kappa shape index (κ1) is 19.3. The summed E-state index contributed by atoms with van der Waals surface area (Å²) >= 11 is 1.61. The molecule has 0 fully saturated rings. The van der Waals surface area contributed by atoms with Crippen molar-refractivity contribution in [2.24, 2.45) is 0 Å². The van der Waals surface area contributed by atoms with Gasteiger partial charge >= 0.3 is 0 Å². The second kappa shape index (κ2) is 8.96. The maximum Gasteiger partial charge on any atom is 0.270 e. The monoisotopic (exact) mass is 395 g/mol. The third-order valence-corrected chi connectivity index (χ3v) is 4.76. The molecule has 0 bridgehead atoms. The quantitative estimate of drug-likeness (QED) is 0.228. The molecule has 28 heavy (non-hydrogen) atoms. The highest BCUT2D eigenvalue weighted by molar-refractivity contribution is 7.09. The minimum absolute atomic E-state index is 0.117. The van der Waals surface area contributed by atoms with Gasteiger partial charge in [-0.3, -0.25) is 14.9 Å². The molecule has 6 nitrogen and oxygen atoms in total. The van der Waals surface area contributed by atoms with Gasteiger partial charge in [0.15, 0.2) is 17.3 Å². The van der Waals surface area contributed by atoms with Crippen molar-refractivity contribution in [2.75, 3.05) is 7.11 Å². The molecule has 0 aliphatic heterocycles. The Hall–Kier alpha value is -3.45. The Morgan fingerprint density at radius 2 is 2.00 bits per heavy atom. The standard InChI is InChI=1S/C21H17NO5S/c1-26-21-12-15(8-10-20(21)27-14-18-6-3-11-28-18)7-9-19(23)16-4-2-5-17(13-16)22(24)25/h2-13H,14H2,1H3/b9-7+. The molecule has 0 spiro atoms. The van der Waals surface area contributed by atoms with Crippen LogP contribution in [0.5, 0.6) is 11.5 Å². The summed E-state index contributed by atoms with van der Waals surface area (Å²) in [5.41, 5.74) is 0.889. The Labute approximate surface area is 165 Å². The summed E-state index contributed by atoms with van der Waals surface area (Å²) in [4.78, 5) is 23.7. The minimum Gasteiger partial charge on any atom is -0.493 e. The third-order valence-electron chi connectivity index (χ3n) is 3.91. The summed E-state index contributed by atoms with van der Waals surface area (Å²) < 4.78 is 11.2. The Morgan fingerprint density at radius 3 is 2.71 bits per heavy atom. The van der Waals surface area contributed by atoms with E-state index in [4.69, 9.17) is 9.47 Å². The van der Waals surface area contributed by atoms with Crippen molar-refractivity contribution < 1.29 is 19.2 Å². The van der Waals surface area contributed by atoms with Crippen LogP contribution in [0.3, 0.4) is 0 Å². The first-order valence-electron chi connectivity index (χ1n) is 8.37. The SMILES string of the molecule is COc1cc(/C=C/C(=O)c2cccc([N+](=O)[O-])c2)ccc1OCc1cccs1. The zero-order chi connectivity index (χ0) is 19.9. The first-order chi connectivity index (χ1) is 13.6. The maximum absolute atomic E-state index is 12.3. The molecule has 0 aliphatic carbocycles.